The van der Waals surface area contributed by atoms with Crippen molar-refractivity contribution in [2.75, 3.05) is 13.2 Å². The molecule has 0 fully saturated rings. The third-order valence-corrected chi connectivity index (χ3v) is 2.45. The van der Waals surface area contributed by atoms with Crippen LogP contribution in [0.2, 0.25) is 0 Å². The fraction of sp³-hybridized carbons (Fsp3) is 0.462. The highest BCUT2D eigenvalue weighted by molar-refractivity contribution is 5.94. The number of ether oxygens (including phenoxy) is 1. The summed E-state index contributed by atoms with van der Waals surface area (Å²) < 4.78 is 10.0. The Kier molecular flexibility index (Phi) is 5.92. The standard InChI is InChI=1S/C13H18N2O5/c1-4-5-19-7-10(13(17)18)14-12(16)9-6-11(8(2)3)20-15-9/h4,6,8,10H,1,5,7H2,2-3H3,(H,14,16)(H,17,18). The lowest BCUT2D eigenvalue weighted by Crippen LogP contribution is -2.44. The summed E-state index contributed by atoms with van der Waals surface area (Å²) >= 11 is 0. The monoisotopic (exact) mass is 282 g/mol. The van der Waals surface area contributed by atoms with E-state index in [0.717, 1.165) is 0 Å². The van der Waals surface area contributed by atoms with Gasteiger partial charge in [-0.3, -0.25) is 4.79 Å². The van der Waals surface area contributed by atoms with E-state index in [2.05, 4.69) is 17.1 Å². The SMILES string of the molecule is C=CCOCC(NC(=O)c1cc(C(C)C)on1)C(=O)O. The van der Waals surface area contributed by atoms with Crippen LogP contribution in [0.4, 0.5) is 0 Å². The number of amides is 1. The minimum Gasteiger partial charge on any atom is -0.480 e. The maximum atomic E-state index is 11.9. The van der Waals surface area contributed by atoms with Crippen LogP contribution in [0, 0.1) is 0 Å². The second kappa shape index (κ2) is 7.44. The number of carboxylic acids is 1. The van der Waals surface area contributed by atoms with E-state index in [1.165, 1.54) is 12.1 Å². The Morgan fingerprint density at radius 1 is 1.60 bits per heavy atom. The molecule has 1 unspecified atom stereocenters. The van der Waals surface area contributed by atoms with Crippen LogP contribution in [0.1, 0.15) is 36.0 Å². The van der Waals surface area contributed by atoms with Gasteiger partial charge in [0.25, 0.3) is 5.91 Å². The van der Waals surface area contributed by atoms with Crippen LogP contribution in [0.5, 0.6) is 0 Å². The van der Waals surface area contributed by atoms with Gasteiger partial charge < -0.3 is 19.7 Å². The van der Waals surface area contributed by atoms with Crippen molar-refractivity contribution in [1.29, 1.82) is 0 Å². The molecule has 0 aliphatic heterocycles. The van der Waals surface area contributed by atoms with E-state index in [4.69, 9.17) is 14.4 Å². The Bertz CT molecular complexity index is 481. The molecule has 0 radical (unpaired) electrons. The highest BCUT2D eigenvalue weighted by Crippen LogP contribution is 2.14. The smallest absolute Gasteiger partial charge is 0.328 e. The van der Waals surface area contributed by atoms with E-state index in [1.807, 2.05) is 13.8 Å². The topological polar surface area (TPSA) is 102 Å². The average Bonchev–Trinajstić information content (AvgIpc) is 2.87. The Morgan fingerprint density at radius 3 is 2.80 bits per heavy atom. The zero-order valence-corrected chi connectivity index (χ0v) is 11.5. The Hall–Kier alpha value is -2.15. The van der Waals surface area contributed by atoms with Crippen molar-refractivity contribution >= 4 is 11.9 Å². The first kappa shape index (κ1) is 15.9. The predicted octanol–water partition coefficient (Wildman–Crippen LogP) is 1.18. The van der Waals surface area contributed by atoms with Crippen LogP contribution < -0.4 is 5.32 Å². The van der Waals surface area contributed by atoms with Gasteiger partial charge >= 0.3 is 5.97 Å². The van der Waals surface area contributed by atoms with Crippen LogP contribution in [-0.2, 0) is 9.53 Å². The summed E-state index contributed by atoms with van der Waals surface area (Å²) in [5.41, 5.74) is 0.0451. The fourth-order valence-electron chi connectivity index (χ4n) is 1.34. The van der Waals surface area contributed by atoms with Crippen LogP contribution in [0.3, 0.4) is 0 Å². The summed E-state index contributed by atoms with van der Waals surface area (Å²) in [6.45, 7) is 7.30. The molecular formula is C13H18N2O5. The molecule has 0 aromatic carbocycles. The van der Waals surface area contributed by atoms with Crippen LogP contribution in [0.25, 0.3) is 0 Å². The molecule has 1 aromatic heterocycles. The maximum absolute atomic E-state index is 11.9. The quantitative estimate of drug-likeness (QED) is 0.548. The Labute approximate surface area is 116 Å². The minimum atomic E-state index is -1.19. The lowest BCUT2D eigenvalue weighted by Gasteiger charge is -2.13. The minimum absolute atomic E-state index is 0.0451. The molecule has 0 aliphatic rings. The van der Waals surface area contributed by atoms with Crippen molar-refractivity contribution in [3.8, 4) is 0 Å². The van der Waals surface area contributed by atoms with Gasteiger partial charge in [0.2, 0.25) is 0 Å². The number of nitrogens with one attached hydrogen (secondary N) is 1. The first-order valence-corrected chi connectivity index (χ1v) is 6.14. The lowest BCUT2D eigenvalue weighted by molar-refractivity contribution is -0.140. The summed E-state index contributed by atoms with van der Waals surface area (Å²) in [7, 11) is 0. The molecule has 1 amide bonds. The average molecular weight is 282 g/mol. The van der Waals surface area contributed by atoms with E-state index in [1.54, 1.807) is 0 Å². The first-order chi connectivity index (χ1) is 9.45. The maximum Gasteiger partial charge on any atom is 0.328 e. The van der Waals surface area contributed by atoms with E-state index >= 15 is 0 Å². The molecule has 0 saturated carbocycles. The fourth-order valence-corrected chi connectivity index (χ4v) is 1.34. The van der Waals surface area contributed by atoms with Gasteiger partial charge in [-0.1, -0.05) is 25.1 Å². The van der Waals surface area contributed by atoms with Crippen LogP contribution >= 0.6 is 0 Å². The third-order valence-electron chi connectivity index (χ3n) is 2.45. The van der Waals surface area contributed by atoms with Gasteiger partial charge in [-0.2, -0.15) is 0 Å². The molecule has 1 atom stereocenters. The normalized spacial score (nSPS) is 12.2. The number of hydrogen-bond acceptors (Lipinski definition) is 5. The van der Waals surface area contributed by atoms with Gasteiger partial charge in [0.05, 0.1) is 13.2 Å². The Balaban J connectivity index is 2.64. The summed E-state index contributed by atoms with van der Waals surface area (Å²) in [5, 5.41) is 14.9. The third kappa shape index (κ3) is 4.51. The highest BCUT2D eigenvalue weighted by atomic mass is 16.5. The predicted molar refractivity (Wildman–Crippen MR) is 70.5 cm³/mol. The highest BCUT2D eigenvalue weighted by Gasteiger charge is 2.23. The molecule has 0 bridgehead atoms. The van der Waals surface area contributed by atoms with Gasteiger partial charge in [0.15, 0.2) is 11.7 Å². The summed E-state index contributed by atoms with van der Waals surface area (Å²) in [4.78, 5) is 22.9. The van der Waals surface area contributed by atoms with E-state index < -0.39 is 17.9 Å². The molecule has 7 heteroatoms. The summed E-state index contributed by atoms with van der Waals surface area (Å²) in [5.74, 6) is -1.15. The van der Waals surface area contributed by atoms with Crippen molar-refractivity contribution < 1.29 is 24.0 Å². The van der Waals surface area contributed by atoms with Gasteiger partial charge in [-0.05, 0) is 0 Å². The van der Waals surface area contributed by atoms with Crippen molar-refractivity contribution in [1.82, 2.24) is 10.5 Å². The van der Waals surface area contributed by atoms with Crippen molar-refractivity contribution in [3.63, 3.8) is 0 Å². The van der Waals surface area contributed by atoms with Crippen LogP contribution in [0.15, 0.2) is 23.2 Å². The zero-order valence-electron chi connectivity index (χ0n) is 11.5. The molecule has 2 N–H and O–H groups in total. The number of carbonyl (C=O) groups excluding carboxylic acids is 1. The molecule has 110 valence electrons. The summed E-state index contributed by atoms with van der Waals surface area (Å²) in [6.07, 6.45) is 1.49. The van der Waals surface area contributed by atoms with Crippen molar-refractivity contribution in [3.05, 3.63) is 30.2 Å². The Morgan fingerprint density at radius 2 is 2.30 bits per heavy atom. The van der Waals surface area contributed by atoms with Crippen molar-refractivity contribution in [2.45, 2.75) is 25.8 Å². The second-order valence-electron chi connectivity index (χ2n) is 4.46. The second-order valence-corrected chi connectivity index (χ2v) is 4.46. The molecule has 1 aromatic rings. The number of carbonyl (C=O) groups is 2. The van der Waals surface area contributed by atoms with Gasteiger partial charge in [-0.15, -0.1) is 6.58 Å². The molecule has 20 heavy (non-hydrogen) atoms. The molecule has 0 spiro atoms. The molecule has 0 saturated heterocycles. The zero-order chi connectivity index (χ0) is 15.1. The molecule has 1 heterocycles. The first-order valence-electron chi connectivity index (χ1n) is 6.14. The lowest BCUT2D eigenvalue weighted by atomic mass is 10.1. The van der Waals surface area contributed by atoms with Gasteiger partial charge in [0, 0.05) is 12.0 Å². The van der Waals surface area contributed by atoms with E-state index in [-0.39, 0.29) is 24.8 Å². The van der Waals surface area contributed by atoms with Crippen molar-refractivity contribution in [2.24, 2.45) is 0 Å². The molecule has 7 nitrogen and oxygen atoms in total. The van der Waals surface area contributed by atoms with E-state index in [9.17, 15) is 9.59 Å². The largest absolute Gasteiger partial charge is 0.480 e. The number of hydrogen-bond donors (Lipinski definition) is 2. The number of carboxylic acid groups (broad SMARTS) is 1. The van der Waals surface area contributed by atoms with Gasteiger partial charge in [-0.25, -0.2) is 4.79 Å². The molecule has 1 rings (SSSR count). The number of rotatable bonds is 8. The molecule has 0 aliphatic carbocycles. The number of aliphatic carboxylic acids is 1. The van der Waals surface area contributed by atoms with E-state index in [0.29, 0.717) is 5.76 Å². The summed E-state index contributed by atoms with van der Waals surface area (Å²) in [6, 6.07) is 0.338. The molecular weight excluding hydrogens is 264 g/mol. The number of aromatic nitrogens is 1. The van der Waals surface area contributed by atoms with Gasteiger partial charge in [0.1, 0.15) is 5.76 Å². The number of nitrogens with zero attached hydrogens (tertiary/aromatic N) is 1. The van der Waals surface area contributed by atoms with Crippen LogP contribution in [-0.4, -0.2) is 41.4 Å².